The number of alkyl carbamates (subject to hydrolysis) is 1. The van der Waals surface area contributed by atoms with Crippen molar-refractivity contribution < 1.29 is 28.6 Å². The van der Waals surface area contributed by atoms with Crippen molar-refractivity contribution in [3.05, 3.63) is 95.7 Å². The first-order valence-electron chi connectivity index (χ1n) is 11.4. The molecule has 9 nitrogen and oxygen atoms in total. The molecule has 3 rings (SSSR count). The van der Waals surface area contributed by atoms with Crippen molar-refractivity contribution in [3.63, 3.8) is 0 Å². The molecule has 0 saturated heterocycles. The van der Waals surface area contributed by atoms with E-state index in [4.69, 9.17) is 14.2 Å². The quantitative estimate of drug-likeness (QED) is 0.396. The van der Waals surface area contributed by atoms with Crippen LogP contribution < -0.4 is 15.4 Å². The first-order chi connectivity index (χ1) is 17.5. The van der Waals surface area contributed by atoms with Crippen LogP contribution in [0.4, 0.5) is 4.79 Å². The maximum atomic E-state index is 13.3. The molecule has 0 aliphatic heterocycles. The fourth-order valence-corrected chi connectivity index (χ4v) is 3.46. The molecule has 0 radical (unpaired) electrons. The van der Waals surface area contributed by atoms with Crippen LogP contribution in [0.25, 0.3) is 0 Å². The monoisotopic (exact) mass is 491 g/mol. The van der Waals surface area contributed by atoms with Crippen LogP contribution in [0.2, 0.25) is 0 Å². The van der Waals surface area contributed by atoms with Crippen LogP contribution in [0.3, 0.4) is 0 Å². The summed E-state index contributed by atoms with van der Waals surface area (Å²) in [5.41, 5.74) is 2.34. The molecule has 1 heterocycles. The fraction of sp³-hybridized carbons (Fsp3) is 0.259. The number of carbonyl (C=O) groups is 3. The van der Waals surface area contributed by atoms with Gasteiger partial charge in [-0.05, 0) is 16.7 Å². The number of nitrogens with zero attached hydrogens (tertiary/aromatic N) is 1. The third-order valence-corrected chi connectivity index (χ3v) is 5.35. The smallest absolute Gasteiger partial charge is 0.408 e. The second-order valence-corrected chi connectivity index (χ2v) is 7.95. The molecule has 188 valence electrons. The SMILES string of the molecule is COC(=O)[C@H](Cc1ccc(OC)nc1)NC(=O)[C@@H](Cc1ccccc1)NC(=O)OCc1ccccc1. The van der Waals surface area contributed by atoms with Crippen LogP contribution in [0.1, 0.15) is 16.7 Å². The first-order valence-corrected chi connectivity index (χ1v) is 11.4. The van der Waals surface area contributed by atoms with E-state index >= 15 is 0 Å². The van der Waals surface area contributed by atoms with Crippen molar-refractivity contribution in [2.24, 2.45) is 0 Å². The Hall–Kier alpha value is -4.40. The normalized spacial score (nSPS) is 12.1. The minimum absolute atomic E-state index is 0.0571. The van der Waals surface area contributed by atoms with Gasteiger partial charge in [-0.15, -0.1) is 0 Å². The molecular formula is C27H29N3O6. The van der Waals surface area contributed by atoms with Crippen molar-refractivity contribution in [2.75, 3.05) is 14.2 Å². The van der Waals surface area contributed by atoms with Gasteiger partial charge in [-0.3, -0.25) is 4.79 Å². The summed E-state index contributed by atoms with van der Waals surface area (Å²) in [4.78, 5) is 42.4. The Morgan fingerprint density at radius 1 is 0.778 bits per heavy atom. The molecule has 0 aliphatic carbocycles. The average molecular weight is 492 g/mol. The number of methoxy groups -OCH3 is 2. The highest BCUT2D eigenvalue weighted by molar-refractivity contribution is 5.90. The summed E-state index contributed by atoms with van der Waals surface area (Å²) >= 11 is 0. The molecular weight excluding hydrogens is 462 g/mol. The van der Waals surface area contributed by atoms with Crippen molar-refractivity contribution in [1.82, 2.24) is 15.6 Å². The predicted octanol–water partition coefficient (Wildman–Crippen LogP) is 2.83. The number of pyridine rings is 1. The van der Waals surface area contributed by atoms with E-state index < -0.39 is 30.1 Å². The molecule has 0 saturated carbocycles. The zero-order valence-electron chi connectivity index (χ0n) is 20.2. The van der Waals surface area contributed by atoms with Gasteiger partial charge in [-0.25, -0.2) is 14.6 Å². The molecule has 2 atom stereocenters. The maximum absolute atomic E-state index is 13.3. The van der Waals surface area contributed by atoms with E-state index in [1.807, 2.05) is 60.7 Å². The van der Waals surface area contributed by atoms with Gasteiger partial charge in [0.2, 0.25) is 11.8 Å². The molecule has 3 aromatic rings. The molecule has 0 fully saturated rings. The Morgan fingerprint density at radius 3 is 2.00 bits per heavy atom. The minimum Gasteiger partial charge on any atom is -0.481 e. The Morgan fingerprint density at radius 2 is 1.42 bits per heavy atom. The largest absolute Gasteiger partial charge is 0.481 e. The molecule has 2 aromatic carbocycles. The van der Waals surface area contributed by atoms with E-state index in [-0.39, 0.29) is 19.4 Å². The predicted molar refractivity (Wildman–Crippen MR) is 132 cm³/mol. The lowest BCUT2D eigenvalue weighted by Gasteiger charge is -2.22. The lowest BCUT2D eigenvalue weighted by Crippen LogP contribution is -2.53. The topological polar surface area (TPSA) is 116 Å². The number of nitrogens with one attached hydrogen (secondary N) is 2. The van der Waals surface area contributed by atoms with Crippen LogP contribution in [-0.4, -0.2) is 49.3 Å². The van der Waals surface area contributed by atoms with Gasteiger partial charge in [0, 0.05) is 25.1 Å². The molecule has 0 bridgehead atoms. The summed E-state index contributed by atoms with van der Waals surface area (Å²) in [5, 5.41) is 5.32. The number of hydrogen-bond donors (Lipinski definition) is 2. The summed E-state index contributed by atoms with van der Waals surface area (Å²) in [5.74, 6) is -0.741. The lowest BCUT2D eigenvalue weighted by molar-refractivity contribution is -0.145. The fourth-order valence-electron chi connectivity index (χ4n) is 3.46. The standard InChI is InChI=1S/C27H29N3O6/c1-34-24-14-13-21(17-28-24)16-23(26(32)35-2)29-25(31)22(15-19-9-5-3-6-10-19)30-27(33)36-18-20-11-7-4-8-12-20/h3-14,17,22-23H,15-16,18H2,1-2H3,(H,29,31)(H,30,33)/t22-,23+/m1/s1. The van der Waals surface area contributed by atoms with Crippen molar-refractivity contribution >= 4 is 18.0 Å². The molecule has 9 heteroatoms. The van der Waals surface area contributed by atoms with E-state index in [2.05, 4.69) is 15.6 Å². The number of rotatable bonds is 11. The molecule has 0 aliphatic rings. The van der Waals surface area contributed by atoms with Crippen molar-refractivity contribution in [3.8, 4) is 5.88 Å². The van der Waals surface area contributed by atoms with Gasteiger partial charge in [-0.2, -0.15) is 0 Å². The number of benzene rings is 2. The number of esters is 1. The van der Waals surface area contributed by atoms with Crippen LogP contribution in [-0.2, 0) is 38.5 Å². The molecule has 0 unspecified atom stereocenters. The number of amides is 2. The van der Waals surface area contributed by atoms with Crippen molar-refractivity contribution in [2.45, 2.75) is 31.5 Å². The minimum atomic E-state index is -0.989. The molecule has 2 N–H and O–H groups in total. The zero-order valence-corrected chi connectivity index (χ0v) is 20.2. The van der Waals surface area contributed by atoms with Gasteiger partial charge in [0.15, 0.2) is 0 Å². The van der Waals surface area contributed by atoms with E-state index in [1.54, 1.807) is 18.3 Å². The zero-order chi connectivity index (χ0) is 25.8. The van der Waals surface area contributed by atoms with Gasteiger partial charge < -0.3 is 24.8 Å². The van der Waals surface area contributed by atoms with Gasteiger partial charge in [0.1, 0.15) is 18.7 Å². The van der Waals surface area contributed by atoms with E-state index in [0.717, 1.165) is 11.1 Å². The van der Waals surface area contributed by atoms with E-state index in [0.29, 0.717) is 11.4 Å². The van der Waals surface area contributed by atoms with E-state index in [9.17, 15) is 14.4 Å². The summed E-state index contributed by atoms with van der Waals surface area (Å²) in [6.07, 6.45) is 1.15. The highest BCUT2D eigenvalue weighted by Gasteiger charge is 2.28. The second kappa shape index (κ2) is 13.5. The molecule has 36 heavy (non-hydrogen) atoms. The number of carbonyl (C=O) groups excluding carboxylic acids is 3. The first kappa shape index (κ1) is 26.2. The van der Waals surface area contributed by atoms with Crippen LogP contribution in [0.5, 0.6) is 5.88 Å². The maximum Gasteiger partial charge on any atom is 0.408 e. The highest BCUT2D eigenvalue weighted by Crippen LogP contribution is 2.11. The molecule has 1 aromatic heterocycles. The number of aromatic nitrogens is 1. The van der Waals surface area contributed by atoms with Gasteiger partial charge >= 0.3 is 12.1 Å². The Kier molecular flexibility index (Phi) is 9.81. The summed E-state index contributed by atoms with van der Waals surface area (Å²) in [6.45, 7) is 0.0571. The number of ether oxygens (including phenoxy) is 3. The third kappa shape index (κ3) is 8.12. The summed E-state index contributed by atoms with van der Waals surface area (Å²) < 4.78 is 15.2. The van der Waals surface area contributed by atoms with E-state index in [1.165, 1.54) is 14.2 Å². The Balaban J connectivity index is 1.71. The van der Waals surface area contributed by atoms with Gasteiger partial charge in [0.25, 0.3) is 0 Å². The number of hydrogen-bond acceptors (Lipinski definition) is 7. The van der Waals surface area contributed by atoms with Crippen LogP contribution in [0, 0.1) is 0 Å². The third-order valence-electron chi connectivity index (χ3n) is 5.35. The summed E-state index contributed by atoms with van der Waals surface area (Å²) in [6, 6.07) is 19.9. The van der Waals surface area contributed by atoms with Gasteiger partial charge in [0.05, 0.1) is 14.2 Å². The summed E-state index contributed by atoms with van der Waals surface area (Å²) in [7, 11) is 2.75. The average Bonchev–Trinajstić information content (AvgIpc) is 2.92. The van der Waals surface area contributed by atoms with Gasteiger partial charge in [-0.1, -0.05) is 66.7 Å². The Bertz CT molecular complexity index is 1120. The highest BCUT2D eigenvalue weighted by atomic mass is 16.5. The molecule has 0 spiro atoms. The van der Waals surface area contributed by atoms with Crippen LogP contribution >= 0.6 is 0 Å². The lowest BCUT2D eigenvalue weighted by atomic mass is 10.0. The Labute approximate surface area is 209 Å². The van der Waals surface area contributed by atoms with Crippen LogP contribution in [0.15, 0.2) is 79.0 Å². The second-order valence-electron chi connectivity index (χ2n) is 7.95. The molecule has 2 amide bonds. The van der Waals surface area contributed by atoms with Crippen molar-refractivity contribution in [1.29, 1.82) is 0 Å².